The third kappa shape index (κ3) is 3.93. The number of nitrogens with one attached hydrogen (secondary N) is 1. The molecule has 1 N–H and O–H groups in total. The first kappa shape index (κ1) is 23.3. The van der Waals surface area contributed by atoms with Crippen LogP contribution in [0.4, 0.5) is 0 Å². The van der Waals surface area contributed by atoms with Crippen LogP contribution in [0, 0.1) is 5.41 Å². The number of carbonyl (C=O) groups is 1. The van der Waals surface area contributed by atoms with Crippen LogP contribution in [0.3, 0.4) is 0 Å². The van der Waals surface area contributed by atoms with Crippen LogP contribution >= 0.6 is 23.1 Å². The fourth-order valence-electron chi connectivity index (χ4n) is 5.28. The Labute approximate surface area is 228 Å². The van der Waals surface area contributed by atoms with Gasteiger partial charge in [0.25, 0.3) is 5.91 Å². The zero-order valence-corrected chi connectivity index (χ0v) is 22.1. The Hall–Kier alpha value is -3.82. The van der Waals surface area contributed by atoms with Crippen LogP contribution in [-0.2, 0) is 4.79 Å². The predicted molar refractivity (Wildman–Crippen MR) is 154 cm³/mol. The van der Waals surface area contributed by atoms with Gasteiger partial charge in [0.2, 0.25) is 4.96 Å². The van der Waals surface area contributed by atoms with Crippen molar-refractivity contribution in [3.63, 3.8) is 0 Å². The van der Waals surface area contributed by atoms with Crippen LogP contribution in [0.1, 0.15) is 54.3 Å². The summed E-state index contributed by atoms with van der Waals surface area (Å²) in [4.78, 5) is 25.1. The van der Waals surface area contributed by atoms with Gasteiger partial charge in [0.1, 0.15) is 10.8 Å². The van der Waals surface area contributed by atoms with E-state index in [1.807, 2.05) is 70.6 Å². The van der Waals surface area contributed by atoms with E-state index in [0.29, 0.717) is 16.8 Å². The van der Waals surface area contributed by atoms with Gasteiger partial charge in [0.15, 0.2) is 5.17 Å². The number of carbonyl (C=O) groups excluding carboxylic acids is 1. The van der Waals surface area contributed by atoms with Crippen molar-refractivity contribution < 1.29 is 4.79 Å². The molecule has 3 aliphatic rings. The molecule has 0 saturated heterocycles. The maximum atomic E-state index is 13.2. The van der Waals surface area contributed by atoms with E-state index in [2.05, 4.69) is 4.99 Å². The van der Waals surface area contributed by atoms with Gasteiger partial charge < -0.3 is 0 Å². The summed E-state index contributed by atoms with van der Waals surface area (Å²) in [5.41, 5.74) is 4.43. The zero-order valence-electron chi connectivity index (χ0n) is 20.5. The molecule has 4 heterocycles. The highest BCUT2D eigenvalue weighted by atomic mass is 32.2. The lowest BCUT2D eigenvalue weighted by Gasteiger charge is -2.26. The van der Waals surface area contributed by atoms with Gasteiger partial charge in [0.05, 0.1) is 22.7 Å². The van der Waals surface area contributed by atoms with Gasteiger partial charge in [0, 0.05) is 16.9 Å². The molecule has 0 atom stereocenters. The first-order valence-electron chi connectivity index (χ1n) is 12.8. The highest BCUT2D eigenvalue weighted by Gasteiger charge is 2.37. The molecule has 1 aliphatic carbocycles. The summed E-state index contributed by atoms with van der Waals surface area (Å²) < 4.78 is 1.86. The number of hydrogen-bond acceptors (Lipinski definition) is 6. The van der Waals surface area contributed by atoms with Gasteiger partial charge in [-0.3, -0.25) is 15.1 Å². The number of hydrogen-bond donors (Lipinski definition) is 1. The van der Waals surface area contributed by atoms with E-state index >= 15 is 0 Å². The second-order valence-corrected chi connectivity index (χ2v) is 11.4. The minimum absolute atomic E-state index is 0.108. The van der Waals surface area contributed by atoms with E-state index in [0.717, 1.165) is 45.3 Å². The predicted octanol–water partition coefficient (Wildman–Crippen LogP) is 6.81. The van der Waals surface area contributed by atoms with Crippen molar-refractivity contribution >= 4 is 56.7 Å². The lowest BCUT2D eigenvalue weighted by molar-refractivity contribution is -0.114. The lowest BCUT2D eigenvalue weighted by Crippen LogP contribution is -2.38. The summed E-state index contributed by atoms with van der Waals surface area (Å²) >= 11 is 3.00. The quantitative estimate of drug-likeness (QED) is 0.290. The number of benzene rings is 2. The van der Waals surface area contributed by atoms with Crippen molar-refractivity contribution in [2.75, 3.05) is 0 Å². The van der Waals surface area contributed by atoms with Crippen molar-refractivity contribution in [3.8, 4) is 11.3 Å². The fraction of sp³-hybridized carbons (Fsp3) is 0.207. The number of aromatic nitrogens is 3. The molecule has 0 spiro atoms. The first-order valence-corrected chi connectivity index (χ1v) is 14.5. The van der Waals surface area contributed by atoms with E-state index < -0.39 is 5.91 Å². The molecule has 0 unspecified atom stereocenters. The molecule has 9 heteroatoms. The molecule has 4 aromatic rings. The average Bonchev–Trinajstić information content (AvgIpc) is 3.66. The second kappa shape index (κ2) is 9.49. The fourth-order valence-corrected chi connectivity index (χ4v) is 7.25. The summed E-state index contributed by atoms with van der Waals surface area (Å²) in [7, 11) is 0. The van der Waals surface area contributed by atoms with Gasteiger partial charge in [-0.1, -0.05) is 103 Å². The number of amides is 1. The highest BCUT2D eigenvalue weighted by Crippen LogP contribution is 2.39. The van der Waals surface area contributed by atoms with Gasteiger partial charge in [-0.05, 0) is 24.5 Å². The van der Waals surface area contributed by atoms with Crippen molar-refractivity contribution in [3.05, 3.63) is 87.9 Å². The molecule has 1 saturated carbocycles. The molecule has 1 fully saturated rings. The molecule has 1 amide bonds. The molecular formula is C29H24N6OS2. The van der Waals surface area contributed by atoms with Crippen molar-refractivity contribution in [1.82, 2.24) is 19.5 Å². The normalized spacial score (nSPS) is 19.3. The van der Waals surface area contributed by atoms with Crippen molar-refractivity contribution in [2.45, 2.75) is 38.0 Å². The molecule has 2 aliphatic heterocycles. The van der Waals surface area contributed by atoms with Crippen molar-refractivity contribution in [1.29, 1.82) is 5.41 Å². The summed E-state index contributed by atoms with van der Waals surface area (Å²) in [6, 6.07) is 19.8. The van der Waals surface area contributed by atoms with E-state index in [9.17, 15) is 4.79 Å². The Balaban J connectivity index is 1.35. The summed E-state index contributed by atoms with van der Waals surface area (Å²) in [6.45, 7) is 0. The number of thioether (sulfide) groups is 1. The van der Waals surface area contributed by atoms with Gasteiger partial charge >= 0.3 is 0 Å². The molecule has 2 aromatic carbocycles. The Morgan fingerprint density at radius 3 is 2.39 bits per heavy atom. The maximum Gasteiger partial charge on any atom is 0.283 e. The molecule has 2 aromatic heterocycles. The third-order valence-electron chi connectivity index (χ3n) is 7.22. The second-order valence-electron chi connectivity index (χ2n) is 9.61. The molecule has 7 nitrogen and oxygen atoms in total. The lowest BCUT2D eigenvalue weighted by atomic mass is 9.90. The number of nitrogens with zero attached hydrogens (tertiary/aromatic N) is 5. The molecule has 7 rings (SSSR count). The molecule has 0 bridgehead atoms. The standard InChI is InChI=1S/C29H24N6OS2/c30-25-21(26(36)32-28-34(25)23(17-37-28)18-10-4-1-5-11-18)16-22-24(19-12-6-2-7-13-19)31-29-35(22)33-27(38-29)20-14-8-3-9-15-20/h1-2,4-7,10-13,16-17,20,30H,3,8-9,14-15H2/b21-16-,30-25?. The molecule has 0 radical (unpaired) electrons. The number of aliphatic imine (C=N–C) groups is 1. The first-order chi connectivity index (χ1) is 18.7. The highest BCUT2D eigenvalue weighted by molar-refractivity contribution is 8.17. The molecule has 38 heavy (non-hydrogen) atoms. The van der Waals surface area contributed by atoms with Gasteiger partial charge in [-0.2, -0.15) is 10.1 Å². The van der Waals surface area contributed by atoms with Crippen molar-refractivity contribution in [2.24, 2.45) is 4.99 Å². The maximum absolute atomic E-state index is 13.2. The Bertz CT molecular complexity index is 1660. The number of fused-ring (bicyclic) bond motifs is 2. The molecule has 188 valence electrons. The van der Waals surface area contributed by atoms with E-state index in [4.69, 9.17) is 15.5 Å². The van der Waals surface area contributed by atoms with Crippen LogP contribution in [-0.4, -0.2) is 36.4 Å². The zero-order chi connectivity index (χ0) is 25.6. The average molecular weight is 537 g/mol. The van der Waals surface area contributed by atoms with Crippen LogP contribution in [0.2, 0.25) is 0 Å². The van der Waals surface area contributed by atoms with E-state index in [1.54, 1.807) is 22.3 Å². The SMILES string of the molecule is N=C1/C(=C/c2c(-c3ccccc3)nc3sc(C4CCCCC4)nn23)C(=O)N=C2SC=C(c3ccccc3)N12. The third-order valence-corrected chi connectivity index (χ3v) is 9.12. The number of amidine groups is 2. The Morgan fingerprint density at radius 1 is 0.947 bits per heavy atom. The number of rotatable bonds is 4. The van der Waals surface area contributed by atoms with Crippen LogP contribution in [0.5, 0.6) is 0 Å². The Morgan fingerprint density at radius 2 is 1.66 bits per heavy atom. The monoisotopic (exact) mass is 536 g/mol. The van der Waals surface area contributed by atoms with E-state index in [1.165, 1.54) is 31.0 Å². The van der Waals surface area contributed by atoms with Gasteiger partial charge in [-0.15, -0.1) is 0 Å². The smallest absolute Gasteiger partial charge is 0.283 e. The summed E-state index contributed by atoms with van der Waals surface area (Å²) in [5.74, 6) is 0.142. The summed E-state index contributed by atoms with van der Waals surface area (Å²) in [5, 5.41) is 17.6. The summed E-state index contributed by atoms with van der Waals surface area (Å²) in [6.07, 6.45) is 7.81. The Kier molecular flexibility index (Phi) is 5.82. The van der Waals surface area contributed by atoms with Crippen LogP contribution in [0.25, 0.3) is 28.0 Å². The topological polar surface area (TPSA) is 86.7 Å². The van der Waals surface area contributed by atoms with Crippen LogP contribution in [0.15, 0.2) is 76.6 Å². The van der Waals surface area contributed by atoms with Gasteiger partial charge in [-0.25, -0.2) is 9.50 Å². The van der Waals surface area contributed by atoms with E-state index in [-0.39, 0.29) is 11.4 Å². The molecular weight excluding hydrogens is 512 g/mol. The van der Waals surface area contributed by atoms with Crippen LogP contribution < -0.4 is 0 Å². The minimum atomic E-state index is -0.423. The number of imidazole rings is 1. The largest absolute Gasteiger partial charge is 0.283 e. The minimum Gasteiger partial charge on any atom is -0.283 e.